The van der Waals surface area contributed by atoms with Gasteiger partial charge < -0.3 is 10.6 Å². The predicted molar refractivity (Wildman–Crippen MR) is 96.8 cm³/mol. The Balaban J connectivity index is 1.65. The van der Waals surface area contributed by atoms with Crippen LogP contribution in [0.25, 0.3) is 0 Å². The Morgan fingerprint density at radius 3 is 2.92 bits per heavy atom. The summed E-state index contributed by atoms with van der Waals surface area (Å²) in [5.41, 5.74) is 8.44. The Kier molecular flexibility index (Phi) is 4.17. The van der Waals surface area contributed by atoms with E-state index < -0.39 is 5.82 Å². The molecule has 0 spiro atoms. The average molecular weight is 360 g/mol. The summed E-state index contributed by atoms with van der Waals surface area (Å²) in [6.07, 6.45) is 4.95. The Labute approximate surface area is 150 Å². The van der Waals surface area contributed by atoms with Gasteiger partial charge in [-0.1, -0.05) is 17.7 Å². The van der Waals surface area contributed by atoms with Crippen LogP contribution >= 0.6 is 11.6 Å². The highest BCUT2D eigenvalue weighted by atomic mass is 35.5. The van der Waals surface area contributed by atoms with E-state index in [1.54, 1.807) is 18.3 Å². The molecule has 5 nitrogen and oxygen atoms in total. The molecule has 7 heteroatoms. The molecule has 0 bridgehead atoms. The number of rotatable bonds is 3. The van der Waals surface area contributed by atoms with Crippen molar-refractivity contribution in [2.75, 3.05) is 11.9 Å². The first-order chi connectivity index (χ1) is 12.1. The summed E-state index contributed by atoms with van der Waals surface area (Å²) in [6.45, 7) is 0.391. The van der Waals surface area contributed by atoms with Gasteiger partial charge in [0.05, 0.1) is 29.2 Å². The number of fused-ring (bicyclic) bond motifs is 1. The molecule has 0 radical (unpaired) electrons. The first kappa shape index (κ1) is 16.4. The third-order valence-electron chi connectivity index (χ3n) is 5.04. The highest BCUT2D eigenvalue weighted by Crippen LogP contribution is 2.29. The van der Waals surface area contributed by atoms with Crippen LogP contribution in [0.1, 0.15) is 36.2 Å². The standard InChI is InChI=1S/C18H19ClFN5/c1-25(14-7-3-6-12(14)21)15-9-23-18-13(24-15)8-22-17(18)10-4-2-5-11(19)16(10)20/h2,4-5,9,12,14H,3,6-8,21H2,1H3/t12-,14+/m1/s1. The van der Waals surface area contributed by atoms with Crippen LogP contribution in [0, 0.1) is 5.82 Å². The Morgan fingerprint density at radius 2 is 2.16 bits per heavy atom. The van der Waals surface area contributed by atoms with Gasteiger partial charge >= 0.3 is 0 Å². The molecule has 1 saturated carbocycles. The van der Waals surface area contributed by atoms with Gasteiger partial charge in [0.25, 0.3) is 0 Å². The van der Waals surface area contributed by atoms with E-state index in [4.69, 9.17) is 22.3 Å². The second-order valence-corrected chi connectivity index (χ2v) is 6.97. The predicted octanol–water partition coefficient (Wildman–Crippen LogP) is 2.94. The van der Waals surface area contributed by atoms with Gasteiger partial charge in [0, 0.05) is 24.7 Å². The molecule has 0 unspecified atom stereocenters. The van der Waals surface area contributed by atoms with Crippen LogP contribution in [0.4, 0.5) is 10.2 Å². The lowest BCUT2D eigenvalue weighted by Gasteiger charge is -2.28. The van der Waals surface area contributed by atoms with E-state index in [-0.39, 0.29) is 17.1 Å². The summed E-state index contributed by atoms with van der Waals surface area (Å²) in [4.78, 5) is 15.8. The molecular weight excluding hydrogens is 341 g/mol. The lowest BCUT2D eigenvalue weighted by Crippen LogP contribution is -2.42. The van der Waals surface area contributed by atoms with Crippen molar-refractivity contribution in [2.45, 2.75) is 37.9 Å². The van der Waals surface area contributed by atoms with Crippen molar-refractivity contribution in [1.29, 1.82) is 0 Å². The van der Waals surface area contributed by atoms with Crippen LogP contribution in [-0.4, -0.2) is 34.8 Å². The van der Waals surface area contributed by atoms with Crippen LogP contribution in [0.2, 0.25) is 5.02 Å². The largest absolute Gasteiger partial charge is 0.354 e. The highest BCUT2D eigenvalue weighted by molar-refractivity contribution is 6.31. The van der Waals surface area contributed by atoms with E-state index in [1.165, 1.54) is 6.07 Å². The van der Waals surface area contributed by atoms with Crippen LogP contribution < -0.4 is 10.6 Å². The molecule has 2 heterocycles. The second kappa shape index (κ2) is 6.35. The number of nitrogens with two attached hydrogens (primary N) is 1. The molecule has 1 fully saturated rings. The van der Waals surface area contributed by atoms with Crippen molar-refractivity contribution in [3.8, 4) is 0 Å². The number of halogens is 2. The maximum absolute atomic E-state index is 14.3. The summed E-state index contributed by atoms with van der Waals surface area (Å²) in [5.74, 6) is 0.305. The molecule has 2 N–H and O–H groups in total. The molecule has 2 aromatic rings. The molecule has 130 valence electrons. The Hall–Kier alpha value is -2.05. The van der Waals surface area contributed by atoms with Crippen molar-refractivity contribution in [3.63, 3.8) is 0 Å². The van der Waals surface area contributed by atoms with Crippen LogP contribution in [0.15, 0.2) is 29.4 Å². The Bertz CT molecular complexity index is 853. The van der Waals surface area contributed by atoms with Crippen molar-refractivity contribution in [3.05, 3.63) is 52.2 Å². The molecule has 2 atom stereocenters. The number of aromatic nitrogens is 2. The van der Waals surface area contributed by atoms with Crippen molar-refractivity contribution in [1.82, 2.24) is 9.97 Å². The van der Waals surface area contributed by atoms with E-state index in [1.807, 2.05) is 7.05 Å². The lowest BCUT2D eigenvalue weighted by molar-refractivity contribution is 0.567. The maximum Gasteiger partial charge on any atom is 0.151 e. The van der Waals surface area contributed by atoms with Crippen LogP contribution in [-0.2, 0) is 6.54 Å². The fourth-order valence-electron chi connectivity index (χ4n) is 3.64. The molecule has 1 aliphatic heterocycles. The van der Waals surface area contributed by atoms with E-state index in [0.29, 0.717) is 23.5 Å². The van der Waals surface area contributed by atoms with Gasteiger partial charge in [-0.05, 0) is 31.4 Å². The molecule has 25 heavy (non-hydrogen) atoms. The quantitative estimate of drug-likeness (QED) is 0.914. The first-order valence-corrected chi connectivity index (χ1v) is 8.77. The zero-order valence-corrected chi connectivity index (χ0v) is 14.7. The molecule has 1 aromatic carbocycles. The van der Waals surface area contributed by atoms with Gasteiger partial charge in [0.15, 0.2) is 5.82 Å². The maximum atomic E-state index is 14.3. The van der Waals surface area contributed by atoms with E-state index in [9.17, 15) is 4.39 Å². The number of hydrogen-bond acceptors (Lipinski definition) is 5. The number of anilines is 1. The zero-order chi connectivity index (χ0) is 17.6. The fraction of sp³-hybridized carbons (Fsp3) is 0.389. The summed E-state index contributed by atoms with van der Waals surface area (Å²) in [6, 6.07) is 5.32. The number of likely N-dealkylation sites (N-methyl/N-ethyl adjacent to an activating group) is 1. The highest BCUT2D eigenvalue weighted by Gasteiger charge is 2.30. The number of aliphatic imine (C=N–C) groups is 1. The van der Waals surface area contributed by atoms with Crippen molar-refractivity contribution in [2.24, 2.45) is 10.7 Å². The minimum absolute atomic E-state index is 0.0770. The van der Waals surface area contributed by atoms with Gasteiger partial charge in [-0.15, -0.1) is 0 Å². The molecule has 2 aliphatic rings. The van der Waals surface area contributed by atoms with Crippen LogP contribution in [0.3, 0.4) is 0 Å². The summed E-state index contributed by atoms with van der Waals surface area (Å²) in [7, 11) is 2.00. The lowest BCUT2D eigenvalue weighted by atomic mass is 10.1. The van der Waals surface area contributed by atoms with Gasteiger partial charge in [-0.3, -0.25) is 4.99 Å². The molecule has 1 aromatic heterocycles. The second-order valence-electron chi connectivity index (χ2n) is 6.56. The normalized spacial score (nSPS) is 22.0. The summed E-state index contributed by atoms with van der Waals surface area (Å²) < 4.78 is 14.3. The number of benzene rings is 1. The smallest absolute Gasteiger partial charge is 0.151 e. The summed E-state index contributed by atoms with van der Waals surface area (Å²) in [5, 5.41) is 0.0770. The minimum Gasteiger partial charge on any atom is -0.354 e. The zero-order valence-electron chi connectivity index (χ0n) is 13.9. The monoisotopic (exact) mass is 359 g/mol. The van der Waals surface area contributed by atoms with E-state index >= 15 is 0 Å². The van der Waals surface area contributed by atoms with Gasteiger partial charge in [0.2, 0.25) is 0 Å². The molecule has 4 rings (SSSR count). The topological polar surface area (TPSA) is 67.4 Å². The van der Waals surface area contributed by atoms with Crippen LogP contribution in [0.5, 0.6) is 0 Å². The minimum atomic E-state index is -0.476. The van der Waals surface area contributed by atoms with Gasteiger partial charge in [-0.2, -0.15) is 0 Å². The van der Waals surface area contributed by atoms with E-state index in [2.05, 4.69) is 14.9 Å². The number of hydrogen-bond donors (Lipinski definition) is 1. The average Bonchev–Trinajstić information content (AvgIpc) is 3.22. The van der Waals surface area contributed by atoms with Gasteiger partial charge in [0.1, 0.15) is 11.5 Å². The molecular formula is C18H19ClFN5. The Morgan fingerprint density at radius 1 is 1.32 bits per heavy atom. The van der Waals surface area contributed by atoms with Crippen molar-refractivity contribution < 1.29 is 4.39 Å². The molecule has 0 saturated heterocycles. The van der Waals surface area contributed by atoms with Gasteiger partial charge in [-0.25, -0.2) is 14.4 Å². The fourth-order valence-corrected chi connectivity index (χ4v) is 3.82. The van der Waals surface area contributed by atoms with E-state index in [0.717, 1.165) is 30.8 Å². The number of nitrogens with zero attached hydrogens (tertiary/aromatic N) is 4. The SMILES string of the molecule is CN(c1cnc2c(n1)CN=C2c1cccc(Cl)c1F)[C@H]1CCC[C@H]1N. The molecule has 1 aliphatic carbocycles. The summed E-state index contributed by atoms with van der Waals surface area (Å²) >= 11 is 5.89. The third-order valence-corrected chi connectivity index (χ3v) is 5.33. The van der Waals surface area contributed by atoms with Crippen molar-refractivity contribution >= 4 is 23.1 Å². The third kappa shape index (κ3) is 2.79. The molecule has 0 amide bonds. The first-order valence-electron chi connectivity index (χ1n) is 8.40.